The molecule has 1 saturated heterocycles. The molecule has 1 aliphatic heterocycles. The van der Waals surface area contributed by atoms with Crippen LogP contribution in [0.4, 0.5) is 0 Å². The Balaban J connectivity index is 0.000000300. The maximum Gasteiger partial charge on any atom is 0.121 e. The first-order valence-corrected chi connectivity index (χ1v) is 11.9. The molecule has 1 aliphatic rings. The van der Waals surface area contributed by atoms with Crippen molar-refractivity contribution in [2.24, 2.45) is 0 Å². The van der Waals surface area contributed by atoms with Gasteiger partial charge in [-0.25, -0.2) is 9.97 Å². The molecule has 0 amide bonds. The molecule has 6 heteroatoms. The topological polar surface area (TPSA) is 47.5 Å². The highest BCUT2D eigenvalue weighted by atomic mass is 32.1. The maximum atomic E-state index is 5.91. The zero-order valence-corrected chi connectivity index (χ0v) is 19.3. The van der Waals surface area contributed by atoms with Gasteiger partial charge in [-0.2, -0.15) is 0 Å². The zero-order chi connectivity index (χ0) is 22.2. The van der Waals surface area contributed by atoms with E-state index in [-0.39, 0.29) is 0 Å². The molecular formula is C26H29N3O2S. The van der Waals surface area contributed by atoms with Crippen LogP contribution in [0.5, 0.6) is 5.75 Å². The lowest BCUT2D eigenvalue weighted by molar-refractivity contribution is 0.0322. The van der Waals surface area contributed by atoms with E-state index in [2.05, 4.69) is 40.9 Å². The molecule has 0 atom stereocenters. The van der Waals surface area contributed by atoms with Crippen molar-refractivity contribution in [1.82, 2.24) is 14.9 Å². The van der Waals surface area contributed by atoms with Gasteiger partial charge in [-0.3, -0.25) is 4.90 Å². The number of rotatable bonds is 6. The molecule has 0 unspecified atom stereocenters. The Morgan fingerprint density at radius 2 is 1.78 bits per heavy atom. The summed E-state index contributed by atoms with van der Waals surface area (Å²) in [5.41, 5.74) is 4.52. The summed E-state index contributed by atoms with van der Waals surface area (Å²) < 4.78 is 11.3. The van der Waals surface area contributed by atoms with Gasteiger partial charge in [0.15, 0.2) is 0 Å². The van der Waals surface area contributed by atoms with Crippen LogP contribution in [0.15, 0.2) is 60.5 Å². The second-order valence-electron chi connectivity index (χ2n) is 7.56. The average molecular weight is 448 g/mol. The summed E-state index contributed by atoms with van der Waals surface area (Å²) in [6.45, 7) is 11.1. The van der Waals surface area contributed by atoms with E-state index in [9.17, 15) is 0 Å². The lowest BCUT2D eigenvalue weighted by Gasteiger charge is -2.26. The first kappa shape index (κ1) is 22.4. The summed E-state index contributed by atoms with van der Waals surface area (Å²) in [6, 6.07) is 16.1. The van der Waals surface area contributed by atoms with Crippen LogP contribution in [0.2, 0.25) is 0 Å². The quantitative estimate of drug-likeness (QED) is 0.368. The Hall–Kier alpha value is -2.80. The largest absolute Gasteiger partial charge is 0.492 e. The summed E-state index contributed by atoms with van der Waals surface area (Å²) in [5, 5.41) is 2.11. The van der Waals surface area contributed by atoms with Gasteiger partial charge in [-0.1, -0.05) is 31.7 Å². The van der Waals surface area contributed by atoms with Gasteiger partial charge in [0.1, 0.15) is 12.4 Å². The number of thiophene rings is 1. The van der Waals surface area contributed by atoms with E-state index >= 15 is 0 Å². The van der Waals surface area contributed by atoms with E-state index in [1.807, 2.05) is 53.8 Å². The minimum absolute atomic E-state index is 0.660. The molecule has 0 aliphatic carbocycles. The molecule has 2 aromatic heterocycles. The van der Waals surface area contributed by atoms with Crippen molar-refractivity contribution in [3.63, 3.8) is 0 Å². The number of aryl methyl sites for hydroxylation is 1. The third-order valence-corrected chi connectivity index (χ3v) is 6.39. The minimum atomic E-state index is 0.660. The molecular weight excluding hydrogens is 418 g/mol. The van der Waals surface area contributed by atoms with Crippen LogP contribution in [0, 0.1) is 0 Å². The maximum absolute atomic E-state index is 5.91. The van der Waals surface area contributed by atoms with Gasteiger partial charge in [-0.15, -0.1) is 11.3 Å². The summed E-state index contributed by atoms with van der Waals surface area (Å²) >= 11 is 1.82. The predicted molar refractivity (Wildman–Crippen MR) is 134 cm³/mol. The Morgan fingerprint density at radius 3 is 2.47 bits per heavy atom. The normalized spacial score (nSPS) is 14.2. The van der Waals surface area contributed by atoms with Gasteiger partial charge in [0.2, 0.25) is 0 Å². The highest BCUT2D eigenvalue weighted by Crippen LogP contribution is 2.22. The second kappa shape index (κ2) is 11.2. The van der Waals surface area contributed by atoms with Crippen LogP contribution in [-0.4, -0.2) is 54.3 Å². The van der Waals surface area contributed by atoms with Crippen LogP contribution in [0.3, 0.4) is 0 Å². The van der Waals surface area contributed by atoms with E-state index in [1.54, 1.807) is 0 Å². The smallest absolute Gasteiger partial charge is 0.121 e. The molecule has 5 nitrogen and oxygen atoms in total. The van der Waals surface area contributed by atoms with Gasteiger partial charge < -0.3 is 9.47 Å². The molecule has 3 heterocycles. The van der Waals surface area contributed by atoms with E-state index in [4.69, 9.17) is 14.5 Å². The van der Waals surface area contributed by atoms with E-state index in [0.29, 0.717) is 6.61 Å². The second-order valence-corrected chi connectivity index (χ2v) is 8.59. The van der Waals surface area contributed by atoms with Crippen LogP contribution in [-0.2, 0) is 11.2 Å². The molecule has 0 N–H and O–H groups in total. The van der Waals surface area contributed by atoms with Crippen LogP contribution in [0.25, 0.3) is 28.1 Å². The van der Waals surface area contributed by atoms with Gasteiger partial charge in [-0.05, 0) is 47.7 Å². The Kier molecular flexibility index (Phi) is 7.82. The first-order valence-electron chi connectivity index (χ1n) is 11.0. The highest BCUT2D eigenvalue weighted by molar-refractivity contribution is 7.09. The van der Waals surface area contributed by atoms with Crippen LogP contribution in [0.1, 0.15) is 17.4 Å². The minimum Gasteiger partial charge on any atom is -0.492 e. The molecule has 0 bridgehead atoms. The number of fused-ring (bicyclic) bond motifs is 2. The number of hydrogen-bond acceptors (Lipinski definition) is 6. The number of benzene rings is 2. The van der Waals surface area contributed by atoms with Crippen molar-refractivity contribution >= 4 is 39.5 Å². The Labute approximate surface area is 193 Å². The number of morpholine rings is 1. The molecule has 0 spiro atoms. The van der Waals surface area contributed by atoms with Crippen molar-refractivity contribution in [3.8, 4) is 5.75 Å². The first-order chi connectivity index (χ1) is 15.7. The van der Waals surface area contributed by atoms with E-state index in [1.165, 1.54) is 11.3 Å². The number of hydrogen-bond donors (Lipinski definition) is 0. The summed E-state index contributed by atoms with van der Waals surface area (Å²) in [5.74, 6) is 0.828. The van der Waals surface area contributed by atoms with E-state index in [0.717, 1.165) is 66.2 Å². The monoisotopic (exact) mass is 447 g/mol. The zero-order valence-electron chi connectivity index (χ0n) is 18.5. The summed E-state index contributed by atoms with van der Waals surface area (Å²) in [6.07, 6.45) is 2.99. The van der Waals surface area contributed by atoms with Crippen molar-refractivity contribution in [1.29, 1.82) is 0 Å². The van der Waals surface area contributed by atoms with Gasteiger partial charge in [0.25, 0.3) is 0 Å². The molecule has 5 rings (SSSR count). The fourth-order valence-corrected chi connectivity index (χ4v) is 4.18. The van der Waals surface area contributed by atoms with Gasteiger partial charge in [0.05, 0.1) is 35.3 Å². The van der Waals surface area contributed by atoms with Gasteiger partial charge in [0, 0.05) is 30.6 Å². The van der Waals surface area contributed by atoms with Crippen molar-refractivity contribution in [3.05, 3.63) is 70.9 Å². The van der Waals surface area contributed by atoms with Gasteiger partial charge >= 0.3 is 0 Å². The van der Waals surface area contributed by atoms with Crippen molar-refractivity contribution in [2.45, 2.75) is 13.3 Å². The number of nitrogens with zero attached hydrogens (tertiary/aromatic N) is 3. The molecule has 166 valence electrons. The Morgan fingerprint density at radius 1 is 1.03 bits per heavy atom. The molecule has 32 heavy (non-hydrogen) atoms. The third kappa shape index (κ3) is 5.91. The van der Waals surface area contributed by atoms with Crippen molar-refractivity contribution in [2.75, 3.05) is 39.5 Å². The molecule has 1 fully saturated rings. The predicted octanol–water partition coefficient (Wildman–Crippen LogP) is 5.45. The number of ether oxygens (including phenoxy) is 2. The fraction of sp³-hybridized carbons (Fsp3) is 0.308. The van der Waals surface area contributed by atoms with Crippen molar-refractivity contribution < 1.29 is 9.47 Å². The summed E-state index contributed by atoms with van der Waals surface area (Å²) in [4.78, 5) is 13.2. The van der Waals surface area contributed by atoms with Crippen LogP contribution < -0.4 is 4.74 Å². The molecule has 2 aromatic carbocycles. The van der Waals surface area contributed by atoms with Crippen LogP contribution >= 0.6 is 11.3 Å². The fourth-order valence-electron chi connectivity index (χ4n) is 3.52. The number of aromatic nitrogens is 2. The van der Waals surface area contributed by atoms with E-state index < -0.39 is 0 Å². The molecule has 0 radical (unpaired) electrons. The third-order valence-electron chi connectivity index (χ3n) is 5.37. The lowest BCUT2D eigenvalue weighted by atomic mass is 10.2. The lowest BCUT2D eigenvalue weighted by Crippen LogP contribution is -2.38. The average Bonchev–Trinajstić information content (AvgIpc) is 3.38. The molecule has 0 saturated carbocycles. The summed E-state index contributed by atoms with van der Waals surface area (Å²) in [7, 11) is 0. The highest BCUT2D eigenvalue weighted by Gasteiger charge is 2.10. The Bertz CT molecular complexity index is 1150. The molecule has 4 aromatic rings. The standard InChI is InChI=1S/C20H21N3O2.C6H8S/c1-2-15-3-5-17-19(13-15)22-20-14-16(4-6-18(20)21-17)25-12-9-23-7-10-24-11-8-23;1-2-6-4-3-5-7-6/h2-6,13-14H,1,7-12H2;3-5H,2H2,1H3. The SMILES string of the molecule is C=Cc1ccc2nc3ccc(OCCN4CCOCC4)cc3nc2c1.CCc1cccs1.